The van der Waals surface area contributed by atoms with Gasteiger partial charge in [-0.25, -0.2) is 0 Å². The van der Waals surface area contributed by atoms with Crippen LogP contribution in [-0.2, 0) is 14.3 Å². The summed E-state index contributed by atoms with van der Waals surface area (Å²) < 4.78 is 4.72. The summed E-state index contributed by atoms with van der Waals surface area (Å²) in [7, 11) is 1.27. The van der Waals surface area contributed by atoms with Gasteiger partial charge in [-0.3, -0.25) is 14.6 Å². The Morgan fingerprint density at radius 3 is 2.58 bits per heavy atom. The molecule has 0 saturated carbocycles. The van der Waals surface area contributed by atoms with Crippen molar-refractivity contribution < 1.29 is 19.4 Å². The predicted octanol–water partition coefficient (Wildman–Crippen LogP) is 2.07. The Kier molecular flexibility index (Phi) is 4.50. The third kappa shape index (κ3) is 3.22. The molecule has 0 aromatic carbocycles. The zero-order valence-electron chi connectivity index (χ0n) is 12.1. The van der Waals surface area contributed by atoms with Gasteiger partial charge < -0.3 is 9.84 Å². The molecule has 1 N–H and O–H groups in total. The molecule has 106 valence electrons. The van der Waals surface area contributed by atoms with Crippen LogP contribution < -0.4 is 0 Å². The fourth-order valence-corrected chi connectivity index (χ4v) is 2.19. The van der Waals surface area contributed by atoms with Gasteiger partial charge in [-0.1, -0.05) is 13.8 Å². The van der Waals surface area contributed by atoms with Gasteiger partial charge in [0.15, 0.2) is 5.78 Å². The van der Waals surface area contributed by atoms with Crippen LogP contribution in [0, 0.1) is 11.3 Å². The second kappa shape index (κ2) is 5.55. The smallest absolute Gasteiger partial charge is 0.316 e. The first-order valence-electron chi connectivity index (χ1n) is 6.28. The Bertz CT molecular complexity index is 446. The van der Waals surface area contributed by atoms with Crippen molar-refractivity contribution in [3.05, 3.63) is 11.3 Å². The van der Waals surface area contributed by atoms with E-state index in [9.17, 15) is 14.7 Å². The molecule has 1 aliphatic carbocycles. The van der Waals surface area contributed by atoms with E-state index in [-0.39, 0.29) is 29.6 Å². The van der Waals surface area contributed by atoms with E-state index >= 15 is 0 Å². The number of ketones is 1. The highest BCUT2D eigenvalue weighted by Crippen LogP contribution is 2.41. The molecule has 0 radical (unpaired) electrons. The van der Waals surface area contributed by atoms with Gasteiger partial charge in [0.1, 0.15) is 11.7 Å². The van der Waals surface area contributed by atoms with Gasteiger partial charge in [0, 0.05) is 18.7 Å². The standard InChI is InChI=1S/C14H21NO4/c1-8(2)15-7-9-10(16)6-14(3,4)11(12(9)17)13(18)19-5/h7-8,11,17H,6H2,1-5H3. The number of aliphatic hydroxyl groups is 1. The van der Waals surface area contributed by atoms with Gasteiger partial charge in [-0.15, -0.1) is 0 Å². The minimum atomic E-state index is -0.830. The van der Waals surface area contributed by atoms with Gasteiger partial charge in [-0.2, -0.15) is 0 Å². The first-order valence-corrected chi connectivity index (χ1v) is 6.28. The molecule has 0 fully saturated rings. The zero-order chi connectivity index (χ0) is 14.8. The summed E-state index contributed by atoms with van der Waals surface area (Å²) in [5, 5.41) is 10.2. The van der Waals surface area contributed by atoms with Gasteiger partial charge >= 0.3 is 5.97 Å². The molecule has 0 spiro atoms. The number of carbonyl (C=O) groups is 2. The topological polar surface area (TPSA) is 76.0 Å². The highest BCUT2D eigenvalue weighted by molar-refractivity contribution is 6.15. The van der Waals surface area contributed by atoms with Crippen LogP contribution in [0.4, 0.5) is 0 Å². The number of hydrogen-bond donors (Lipinski definition) is 1. The monoisotopic (exact) mass is 267 g/mol. The molecule has 1 rings (SSSR count). The number of Topliss-reactive ketones (excluding diaryl/α,β-unsaturated/α-hetero) is 1. The van der Waals surface area contributed by atoms with E-state index in [4.69, 9.17) is 4.74 Å². The van der Waals surface area contributed by atoms with Crippen molar-refractivity contribution in [1.82, 2.24) is 0 Å². The molecule has 0 bridgehead atoms. The first-order chi connectivity index (χ1) is 8.70. The number of allylic oxidation sites excluding steroid dienone is 1. The molecular formula is C14H21NO4. The summed E-state index contributed by atoms with van der Waals surface area (Å²) in [6.07, 6.45) is 1.53. The number of carbonyl (C=O) groups excluding carboxylic acids is 2. The Labute approximate surface area is 113 Å². The fourth-order valence-electron chi connectivity index (χ4n) is 2.19. The van der Waals surface area contributed by atoms with Crippen molar-refractivity contribution in [2.24, 2.45) is 16.3 Å². The third-order valence-corrected chi connectivity index (χ3v) is 3.19. The van der Waals surface area contributed by atoms with E-state index in [1.54, 1.807) is 13.8 Å². The maximum Gasteiger partial charge on any atom is 0.316 e. The molecule has 19 heavy (non-hydrogen) atoms. The SMILES string of the molecule is COC(=O)C1C(O)=C(C=NC(C)C)C(=O)CC1(C)C. The maximum absolute atomic E-state index is 12.0. The molecule has 0 heterocycles. The van der Waals surface area contributed by atoms with Crippen molar-refractivity contribution in [2.45, 2.75) is 40.2 Å². The number of aliphatic hydroxyl groups excluding tert-OH is 1. The number of methoxy groups -OCH3 is 1. The van der Waals surface area contributed by atoms with Crippen molar-refractivity contribution >= 4 is 18.0 Å². The Morgan fingerprint density at radius 1 is 1.53 bits per heavy atom. The number of aliphatic imine (C=N–C) groups is 1. The minimum Gasteiger partial charge on any atom is -0.511 e. The van der Waals surface area contributed by atoms with Crippen LogP contribution in [-0.4, -0.2) is 36.2 Å². The highest BCUT2D eigenvalue weighted by atomic mass is 16.5. The van der Waals surface area contributed by atoms with E-state index < -0.39 is 17.3 Å². The number of esters is 1. The molecule has 0 saturated heterocycles. The molecule has 0 aliphatic heterocycles. The fraction of sp³-hybridized carbons (Fsp3) is 0.643. The molecular weight excluding hydrogens is 246 g/mol. The average Bonchev–Trinajstić information content (AvgIpc) is 2.26. The lowest BCUT2D eigenvalue weighted by atomic mass is 9.68. The third-order valence-electron chi connectivity index (χ3n) is 3.19. The van der Waals surface area contributed by atoms with Crippen molar-refractivity contribution in [3.63, 3.8) is 0 Å². The van der Waals surface area contributed by atoms with Crippen molar-refractivity contribution in [3.8, 4) is 0 Å². The van der Waals surface area contributed by atoms with Gasteiger partial charge in [-0.05, 0) is 19.3 Å². The van der Waals surface area contributed by atoms with Crippen LogP contribution in [0.25, 0.3) is 0 Å². The second-order valence-corrected chi connectivity index (χ2v) is 5.72. The minimum absolute atomic E-state index is 0.0135. The summed E-state index contributed by atoms with van der Waals surface area (Å²) in [6.45, 7) is 7.25. The Balaban J connectivity index is 3.27. The van der Waals surface area contributed by atoms with Crippen LogP contribution in [0.3, 0.4) is 0 Å². The normalized spacial score (nSPS) is 23.3. The summed E-state index contributed by atoms with van der Waals surface area (Å²) in [6, 6.07) is 0.0135. The molecule has 0 amide bonds. The average molecular weight is 267 g/mol. The summed E-state index contributed by atoms with van der Waals surface area (Å²) in [5.74, 6) is -1.81. The molecule has 1 unspecified atom stereocenters. The van der Waals surface area contributed by atoms with E-state index in [1.807, 2.05) is 13.8 Å². The highest BCUT2D eigenvalue weighted by Gasteiger charge is 2.46. The van der Waals surface area contributed by atoms with E-state index in [1.165, 1.54) is 13.3 Å². The second-order valence-electron chi connectivity index (χ2n) is 5.72. The zero-order valence-corrected chi connectivity index (χ0v) is 12.1. The Hall–Kier alpha value is -1.65. The van der Waals surface area contributed by atoms with Crippen LogP contribution >= 0.6 is 0 Å². The molecule has 0 aromatic heterocycles. The van der Waals surface area contributed by atoms with Crippen molar-refractivity contribution in [1.29, 1.82) is 0 Å². The lowest BCUT2D eigenvalue weighted by Gasteiger charge is -2.35. The number of ether oxygens (including phenoxy) is 1. The van der Waals surface area contributed by atoms with E-state index in [0.29, 0.717) is 0 Å². The molecule has 0 aromatic rings. The lowest BCUT2D eigenvalue weighted by molar-refractivity contribution is -0.150. The molecule has 1 atom stereocenters. The van der Waals surface area contributed by atoms with Crippen LogP contribution in [0.1, 0.15) is 34.1 Å². The number of nitrogens with zero attached hydrogens (tertiary/aromatic N) is 1. The number of hydrogen-bond acceptors (Lipinski definition) is 5. The first kappa shape index (κ1) is 15.4. The molecule has 5 nitrogen and oxygen atoms in total. The van der Waals surface area contributed by atoms with Crippen LogP contribution in [0.5, 0.6) is 0 Å². The predicted molar refractivity (Wildman–Crippen MR) is 72.2 cm³/mol. The molecule has 5 heteroatoms. The molecule has 1 aliphatic rings. The van der Waals surface area contributed by atoms with Crippen LogP contribution in [0.2, 0.25) is 0 Å². The van der Waals surface area contributed by atoms with Gasteiger partial charge in [0.25, 0.3) is 0 Å². The number of rotatable bonds is 3. The largest absolute Gasteiger partial charge is 0.511 e. The Morgan fingerprint density at radius 2 is 2.11 bits per heavy atom. The van der Waals surface area contributed by atoms with Crippen LogP contribution in [0.15, 0.2) is 16.3 Å². The van der Waals surface area contributed by atoms with Gasteiger partial charge in [0.05, 0.1) is 12.7 Å². The summed E-state index contributed by atoms with van der Waals surface area (Å²) >= 11 is 0. The van der Waals surface area contributed by atoms with Gasteiger partial charge in [0.2, 0.25) is 0 Å². The quantitative estimate of drug-likeness (QED) is 0.627. The maximum atomic E-state index is 12.0. The van der Waals surface area contributed by atoms with E-state index in [0.717, 1.165) is 0 Å². The summed E-state index contributed by atoms with van der Waals surface area (Å²) in [4.78, 5) is 27.9. The lowest BCUT2D eigenvalue weighted by Crippen LogP contribution is -2.40. The van der Waals surface area contributed by atoms with E-state index in [2.05, 4.69) is 4.99 Å². The summed E-state index contributed by atoms with van der Waals surface area (Å²) in [5.41, 5.74) is -0.549. The van der Waals surface area contributed by atoms with Crippen molar-refractivity contribution in [2.75, 3.05) is 7.11 Å².